The van der Waals surface area contributed by atoms with E-state index in [-0.39, 0.29) is 5.91 Å². The van der Waals surface area contributed by atoms with Crippen LogP contribution in [0.5, 0.6) is 0 Å². The third-order valence-corrected chi connectivity index (χ3v) is 3.86. The van der Waals surface area contributed by atoms with Gasteiger partial charge < -0.3 is 14.5 Å². The molecule has 0 saturated carbocycles. The van der Waals surface area contributed by atoms with Gasteiger partial charge in [-0.3, -0.25) is 4.79 Å². The Labute approximate surface area is 133 Å². The molecule has 0 aliphatic carbocycles. The Kier molecular flexibility index (Phi) is 5.66. The number of esters is 1. The zero-order valence-electron chi connectivity index (χ0n) is 12.4. The van der Waals surface area contributed by atoms with Crippen molar-refractivity contribution in [2.45, 2.75) is 12.7 Å². The number of aryl methyl sites for hydroxylation is 1. The van der Waals surface area contributed by atoms with Crippen molar-refractivity contribution < 1.29 is 18.7 Å². The summed E-state index contributed by atoms with van der Waals surface area (Å²) in [6.07, 6.45) is 0. The van der Waals surface area contributed by atoms with Crippen LogP contribution in [0.15, 0.2) is 40.8 Å². The molecule has 1 aromatic carbocycles. The highest BCUT2D eigenvalue weighted by atomic mass is 32.2. The molecule has 0 spiro atoms. The maximum atomic E-state index is 11.8. The quantitative estimate of drug-likeness (QED) is 0.828. The Balaban J connectivity index is 1.81. The monoisotopic (exact) mass is 319 g/mol. The molecule has 0 aliphatic rings. The molecule has 2 aromatic rings. The van der Waals surface area contributed by atoms with Crippen LogP contribution in [0, 0.1) is 6.92 Å². The van der Waals surface area contributed by atoms with Crippen molar-refractivity contribution in [3.63, 3.8) is 0 Å². The van der Waals surface area contributed by atoms with Crippen molar-refractivity contribution in [3.8, 4) is 0 Å². The summed E-state index contributed by atoms with van der Waals surface area (Å²) >= 11 is 1.42. The second-order valence-electron chi connectivity index (χ2n) is 4.58. The summed E-state index contributed by atoms with van der Waals surface area (Å²) < 4.78 is 10.2. The number of thioether (sulfide) groups is 1. The first-order valence-electron chi connectivity index (χ1n) is 6.70. The van der Waals surface area contributed by atoms with E-state index in [9.17, 15) is 9.59 Å². The second kappa shape index (κ2) is 7.70. The first-order chi connectivity index (χ1) is 10.6. The van der Waals surface area contributed by atoms with E-state index in [4.69, 9.17) is 4.42 Å². The number of hydrogen-bond acceptors (Lipinski definition) is 5. The standard InChI is InChI=1S/C16H17NO4S/c1-11-14(16(19)20-2)8-13(21-11)9-22-10-15(18)17-12-6-4-3-5-7-12/h3-8H,9-10H2,1-2H3,(H,17,18). The van der Waals surface area contributed by atoms with Gasteiger partial charge in [0, 0.05) is 5.69 Å². The van der Waals surface area contributed by atoms with Crippen LogP contribution in [0.3, 0.4) is 0 Å². The number of rotatable bonds is 6. The topological polar surface area (TPSA) is 68.5 Å². The maximum Gasteiger partial charge on any atom is 0.341 e. The van der Waals surface area contributed by atoms with Crippen LogP contribution in [0.1, 0.15) is 21.9 Å². The summed E-state index contributed by atoms with van der Waals surface area (Å²) in [6.45, 7) is 1.71. The molecule has 6 heteroatoms. The van der Waals surface area contributed by atoms with E-state index in [1.807, 2.05) is 30.3 Å². The lowest BCUT2D eigenvalue weighted by Crippen LogP contribution is -2.13. The van der Waals surface area contributed by atoms with E-state index in [0.29, 0.717) is 28.6 Å². The highest BCUT2D eigenvalue weighted by Crippen LogP contribution is 2.20. The Bertz CT molecular complexity index is 651. The Morgan fingerprint density at radius 3 is 2.68 bits per heavy atom. The van der Waals surface area contributed by atoms with E-state index in [1.54, 1.807) is 13.0 Å². The van der Waals surface area contributed by atoms with Crippen LogP contribution in [0.25, 0.3) is 0 Å². The molecule has 0 saturated heterocycles. The van der Waals surface area contributed by atoms with Crippen molar-refractivity contribution in [3.05, 3.63) is 53.5 Å². The van der Waals surface area contributed by atoms with Crippen LogP contribution in [0.2, 0.25) is 0 Å². The molecule has 0 radical (unpaired) electrons. The SMILES string of the molecule is COC(=O)c1cc(CSCC(=O)Nc2ccccc2)oc1C. The molecular formula is C16H17NO4S. The van der Waals surface area contributed by atoms with E-state index in [2.05, 4.69) is 10.1 Å². The van der Waals surface area contributed by atoms with Crippen LogP contribution >= 0.6 is 11.8 Å². The molecule has 22 heavy (non-hydrogen) atoms. The molecule has 1 aromatic heterocycles. The number of benzene rings is 1. The van der Waals surface area contributed by atoms with Gasteiger partial charge in [0.2, 0.25) is 5.91 Å². The normalized spacial score (nSPS) is 10.3. The van der Waals surface area contributed by atoms with E-state index in [0.717, 1.165) is 5.69 Å². The van der Waals surface area contributed by atoms with Gasteiger partial charge in [0.05, 0.1) is 18.6 Å². The van der Waals surface area contributed by atoms with Crippen molar-refractivity contribution >= 4 is 29.3 Å². The van der Waals surface area contributed by atoms with Gasteiger partial charge in [-0.1, -0.05) is 18.2 Å². The van der Waals surface area contributed by atoms with Gasteiger partial charge in [-0.2, -0.15) is 0 Å². The van der Waals surface area contributed by atoms with Crippen LogP contribution in [-0.4, -0.2) is 24.7 Å². The lowest BCUT2D eigenvalue weighted by Gasteiger charge is -2.03. The Hall–Kier alpha value is -2.21. The van der Waals surface area contributed by atoms with Gasteiger partial charge in [0.15, 0.2) is 0 Å². The number of carbonyl (C=O) groups excluding carboxylic acids is 2. The van der Waals surface area contributed by atoms with Crippen molar-refractivity contribution in [2.75, 3.05) is 18.2 Å². The molecule has 0 unspecified atom stereocenters. The molecular weight excluding hydrogens is 302 g/mol. The number of carbonyl (C=O) groups is 2. The zero-order chi connectivity index (χ0) is 15.9. The smallest absolute Gasteiger partial charge is 0.341 e. The van der Waals surface area contributed by atoms with Crippen LogP contribution in [0.4, 0.5) is 5.69 Å². The van der Waals surface area contributed by atoms with E-state index < -0.39 is 5.97 Å². The van der Waals surface area contributed by atoms with Crippen LogP contribution < -0.4 is 5.32 Å². The Morgan fingerprint density at radius 2 is 2.00 bits per heavy atom. The fourth-order valence-corrected chi connectivity index (χ4v) is 2.59. The lowest BCUT2D eigenvalue weighted by atomic mass is 10.2. The van der Waals surface area contributed by atoms with Crippen molar-refractivity contribution in [1.82, 2.24) is 0 Å². The van der Waals surface area contributed by atoms with Gasteiger partial charge in [-0.05, 0) is 25.1 Å². The minimum Gasteiger partial charge on any atom is -0.465 e. The van der Waals surface area contributed by atoms with Gasteiger partial charge in [0.25, 0.3) is 0 Å². The molecule has 2 rings (SSSR count). The molecule has 116 valence electrons. The summed E-state index contributed by atoms with van der Waals surface area (Å²) in [7, 11) is 1.33. The van der Waals surface area contributed by atoms with Crippen LogP contribution in [-0.2, 0) is 15.3 Å². The number of anilines is 1. The maximum absolute atomic E-state index is 11.8. The molecule has 1 heterocycles. The molecule has 1 amide bonds. The molecule has 0 fully saturated rings. The van der Waals surface area contributed by atoms with E-state index in [1.165, 1.54) is 18.9 Å². The summed E-state index contributed by atoms with van der Waals surface area (Å²) in [6, 6.07) is 10.9. The minimum atomic E-state index is -0.417. The number of ether oxygens (including phenoxy) is 1. The zero-order valence-corrected chi connectivity index (χ0v) is 13.2. The number of para-hydroxylation sites is 1. The van der Waals surface area contributed by atoms with Gasteiger partial charge in [-0.25, -0.2) is 4.79 Å². The predicted octanol–water partition coefficient (Wildman–Crippen LogP) is 3.25. The highest BCUT2D eigenvalue weighted by Gasteiger charge is 2.15. The number of hydrogen-bond donors (Lipinski definition) is 1. The average molecular weight is 319 g/mol. The highest BCUT2D eigenvalue weighted by molar-refractivity contribution is 7.99. The summed E-state index contributed by atoms with van der Waals surface area (Å²) in [5, 5.41) is 2.81. The van der Waals surface area contributed by atoms with Gasteiger partial charge >= 0.3 is 5.97 Å². The van der Waals surface area contributed by atoms with Gasteiger partial charge in [0.1, 0.15) is 17.1 Å². The number of amides is 1. The molecule has 1 N–H and O–H groups in total. The van der Waals surface area contributed by atoms with Crippen molar-refractivity contribution in [2.24, 2.45) is 0 Å². The number of methoxy groups -OCH3 is 1. The van der Waals surface area contributed by atoms with Gasteiger partial charge in [-0.15, -0.1) is 11.8 Å². The minimum absolute atomic E-state index is 0.0762. The van der Waals surface area contributed by atoms with Crippen molar-refractivity contribution in [1.29, 1.82) is 0 Å². The lowest BCUT2D eigenvalue weighted by molar-refractivity contribution is -0.113. The molecule has 0 atom stereocenters. The molecule has 0 bridgehead atoms. The summed E-state index contributed by atoms with van der Waals surface area (Å²) in [5.74, 6) is 1.50. The average Bonchev–Trinajstić information content (AvgIpc) is 2.88. The molecule has 0 aliphatic heterocycles. The third kappa shape index (κ3) is 4.39. The van der Waals surface area contributed by atoms with E-state index >= 15 is 0 Å². The summed E-state index contributed by atoms with van der Waals surface area (Å²) in [5.41, 5.74) is 1.20. The predicted molar refractivity (Wildman–Crippen MR) is 86.0 cm³/mol. The first-order valence-corrected chi connectivity index (χ1v) is 7.86. The fraction of sp³-hybridized carbons (Fsp3) is 0.250. The fourth-order valence-electron chi connectivity index (χ4n) is 1.89. The number of nitrogens with one attached hydrogen (secondary N) is 1. The largest absolute Gasteiger partial charge is 0.465 e. The number of furan rings is 1. The third-order valence-electron chi connectivity index (χ3n) is 2.91. The summed E-state index contributed by atoms with van der Waals surface area (Å²) in [4.78, 5) is 23.3. The second-order valence-corrected chi connectivity index (χ2v) is 5.57. The Morgan fingerprint density at radius 1 is 1.27 bits per heavy atom. The first kappa shape index (κ1) is 16.2. The molecule has 5 nitrogen and oxygen atoms in total.